The van der Waals surface area contributed by atoms with Crippen LogP contribution in [-0.4, -0.2) is 24.7 Å². The normalized spacial score (nSPS) is 11.4. The average Bonchev–Trinajstić information content (AvgIpc) is 3.21. The highest BCUT2D eigenvalue weighted by molar-refractivity contribution is 7.98. The summed E-state index contributed by atoms with van der Waals surface area (Å²) in [4.78, 5) is 11.4. The van der Waals surface area contributed by atoms with Gasteiger partial charge in [0.15, 0.2) is 11.0 Å². The molecule has 0 radical (unpaired) electrons. The molecule has 6 nitrogen and oxygen atoms in total. The van der Waals surface area contributed by atoms with Gasteiger partial charge >= 0.3 is 0 Å². The molecule has 0 aliphatic heterocycles. The van der Waals surface area contributed by atoms with Crippen LogP contribution in [0.3, 0.4) is 0 Å². The third kappa shape index (κ3) is 3.30. The van der Waals surface area contributed by atoms with E-state index in [1.54, 1.807) is 23.1 Å². The first-order chi connectivity index (χ1) is 13.1. The summed E-state index contributed by atoms with van der Waals surface area (Å²) in [6.45, 7) is 7.05. The van der Waals surface area contributed by atoms with Gasteiger partial charge < -0.3 is 10.3 Å². The van der Waals surface area contributed by atoms with E-state index in [0.29, 0.717) is 11.6 Å². The highest BCUT2D eigenvalue weighted by atomic mass is 32.2. The number of nitrogens with two attached hydrogens (primary N) is 1. The Kier molecular flexibility index (Phi) is 4.84. The molecule has 0 unspecified atom stereocenters. The maximum absolute atomic E-state index is 6.19. The fraction of sp³-hybridized carbons (Fsp3) is 0.263. The summed E-state index contributed by atoms with van der Waals surface area (Å²) in [5, 5.41) is 10.6. The second-order valence-electron chi connectivity index (χ2n) is 6.19. The third-order valence-corrected chi connectivity index (χ3v) is 6.56. The summed E-state index contributed by atoms with van der Waals surface area (Å²) < 4.78 is 2.11. The second kappa shape index (κ2) is 7.28. The minimum Gasteiger partial charge on any atom is -0.383 e. The van der Waals surface area contributed by atoms with Crippen LogP contribution in [0.5, 0.6) is 0 Å². The molecule has 0 aliphatic carbocycles. The number of thiophene rings is 1. The molecule has 3 aromatic heterocycles. The molecule has 0 saturated heterocycles. The van der Waals surface area contributed by atoms with Gasteiger partial charge in [0.2, 0.25) is 0 Å². The summed E-state index contributed by atoms with van der Waals surface area (Å²) in [6.07, 6.45) is 0. The van der Waals surface area contributed by atoms with Crippen molar-refractivity contribution in [3.63, 3.8) is 0 Å². The van der Waals surface area contributed by atoms with E-state index in [1.165, 1.54) is 10.4 Å². The molecule has 0 saturated carbocycles. The number of anilines is 1. The zero-order valence-electron chi connectivity index (χ0n) is 15.4. The smallest absolute Gasteiger partial charge is 0.191 e. The summed E-state index contributed by atoms with van der Waals surface area (Å²) in [6, 6.07) is 10.1. The Hall–Kier alpha value is -2.45. The lowest BCUT2D eigenvalue weighted by Crippen LogP contribution is -2.02. The molecule has 3 heterocycles. The Morgan fingerprint density at radius 1 is 1.11 bits per heavy atom. The van der Waals surface area contributed by atoms with Crippen molar-refractivity contribution >= 4 is 39.1 Å². The SMILES string of the molecule is CCn1c(SCc2nc(N)c3c(C)c(C)sc3n2)nnc1-c1ccccc1. The number of fused-ring (bicyclic) bond motifs is 1. The highest BCUT2D eigenvalue weighted by Crippen LogP contribution is 2.33. The van der Waals surface area contributed by atoms with E-state index in [2.05, 4.69) is 40.5 Å². The molecule has 0 spiro atoms. The van der Waals surface area contributed by atoms with Gasteiger partial charge in [-0.3, -0.25) is 0 Å². The van der Waals surface area contributed by atoms with E-state index in [-0.39, 0.29) is 0 Å². The van der Waals surface area contributed by atoms with Gasteiger partial charge in [-0.05, 0) is 26.3 Å². The lowest BCUT2D eigenvalue weighted by molar-refractivity contribution is 0.687. The summed E-state index contributed by atoms with van der Waals surface area (Å²) >= 11 is 3.25. The highest BCUT2D eigenvalue weighted by Gasteiger charge is 2.16. The number of nitrogens with zero attached hydrogens (tertiary/aromatic N) is 5. The average molecular weight is 397 g/mol. The molecule has 0 bridgehead atoms. The van der Waals surface area contributed by atoms with Crippen LogP contribution in [0, 0.1) is 13.8 Å². The van der Waals surface area contributed by atoms with E-state index in [1.807, 2.05) is 30.3 Å². The van der Waals surface area contributed by atoms with Crippen molar-refractivity contribution in [2.24, 2.45) is 0 Å². The van der Waals surface area contributed by atoms with Gasteiger partial charge in [0.1, 0.15) is 16.5 Å². The van der Waals surface area contributed by atoms with E-state index in [4.69, 9.17) is 10.7 Å². The zero-order chi connectivity index (χ0) is 19.0. The molecular formula is C19H20N6S2. The lowest BCUT2D eigenvalue weighted by atomic mass is 10.2. The fourth-order valence-electron chi connectivity index (χ4n) is 3.00. The van der Waals surface area contributed by atoms with Gasteiger partial charge in [0.05, 0.1) is 11.1 Å². The maximum atomic E-state index is 6.19. The van der Waals surface area contributed by atoms with Crippen LogP contribution in [0.15, 0.2) is 35.5 Å². The molecule has 0 fully saturated rings. The lowest BCUT2D eigenvalue weighted by Gasteiger charge is -2.07. The van der Waals surface area contributed by atoms with Crippen LogP contribution in [0.2, 0.25) is 0 Å². The number of thioether (sulfide) groups is 1. The quantitative estimate of drug-likeness (QED) is 0.502. The second-order valence-corrected chi connectivity index (χ2v) is 8.34. The molecule has 27 heavy (non-hydrogen) atoms. The summed E-state index contributed by atoms with van der Waals surface area (Å²) in [7, 11) is 0. The molecule has 2 N–H and O–H groups in total. The number of nitrogen functional groups attached to an aromatic ring is 1. The third-order valence-electron chi connectivity index (χ3n) is 4.50. The van der Waals surface area contributed by atoms with Crippen molar-refractivity contribution in [2.45, 2.75) is 38.2 Å². The minimum absolute atomic E-state index is 0.555. The first-order valence-electron chi connectivity index (χ1n) is 8.72. The number of hydrogen-bond donors (Lipinski definition) is 1. The molecule has 1 aromatic carbocycles. The number of benzene rings is 1. The largest absolute Gasteiger partial charge is 0.383 e. The predicted octanol–water partition coefficient (Wildman–Crippen LogP) is 4.46. The number of hydrogen-bond acceptors (Lipinski definition) is 7. The predicted molar refractivity (Wildman–Crippen MR) is 112 cm³/mol. The molecule has 4 aromatic rings. The Balaban J connectivity index is 1.61. The zero-order valence-corrected chi connectivity index (χ0v) is 17.1. The van der Waals surface area contributed by atoms with Crippen LogP contribution < -0.4 is 5.73 Å². The van der Waals surface area contributed by atoms with E-state index in [0.717, 1.165) is 39.1 Å². The van der Waals surface area contributed by atoms with Crippen LogP contribution in [0.1, 0.15) is 23.2 Å². The first-order valence-corrected chi connectivity index (χ1v) is 10.5. The van der Waals surface area contributed by atoms with Crippen LogP contribution in [0.4, 0.5) is 5.82 Å². The van der Waals surface area contributed by atoms with Crippen molar-refractivity contribution in [3.8, 4) is 11.4 Å². The Bertz CT molecular complexity index is 1100. The van der Waals surface area contributed by atoms with Gasteiger partial charge in [-0.15, -0.1) is 21.5 Å². The van der Waals surface area contributed by atoms with Crippen molar-refractivity contribution < 1.29 is 0 Å². The van der Waals surface area contributed by atoms with Crippen LogP contribution in [0.25, 0.3) is 21.6 Å². The van der Waals surface area contributed by atoms with E-state index in [9.17, 15) is 0 Å². The standard InChI is InChI=1S/C19H20N6S2/c1-4-25-17(13-8-6-5-7-9-13)23-24-19(25)26-10-14-21-16(20)15-11(2)12(3)27-18(15)22-14/h5-9H,4,10H2,1-3H3,(H2,20,21,22). The molecule has 0 amide bonds. The number of aromatic nitrogens is 5. The maximum Gasteiger partial charge on any atom is 0.191 e. The Labute approximate surface area is 165 Å². The number of rotatable bonds is 5. The monoisotopic (exact) mass is 396 g/mol. The van der Waals surface area contributed by atoms with E-state index < -0.39 is 0 Å². The van der Waals surface area contributed by atoms with Crippen molar-refractivity contribution in [3.05, 3.63) is 46.6 Å². The fourth-order valence-corrected chi connectivity index (χ4v) is 4.91. The molecular weight excluding hydrogens is 376 g/mol. The van der Waals surface area contributed by atoms with Crippen LogP contribution >= 0.6 is 23.1 Å². The Morgan fingerprint density at radius 3 is 2.63 bits per heavy atom. The van der Waals surface area contributed by atoms with Gasteiger partial charge in [-0.25, -0.2) is 9.97 Å². The van der Waals surface area contributed by atoms with Gasteiger partial charge in [0.25, 0.3) is 0 Å². The van der Waals surface area contributed by atoms with Crippen molar-refractivity contribution in [1.29, 1.82) is 0 Å². The van der Waals surface area contributed by atoms with Crippen LogP contribution in [-0.2, 0) is 12.3 Å². The summed E-state index contributed by atoms with van der Waals surface area (Å²) in [5.74, 6) is 2.75. The van der Waals surface area contributed by atoms with Gasteiger partial charge in [-0.2, -0.15) is 0 Å². The summed E-state index contributed by atoms with van der Waals surface area (Å²) in [5.41, 5.74) is 8.42. The first kappa shape index (κ1) is 17.9. The van der Waals surface area contributed by atoms with Crippen molar-refractivity contribution in [1.82, 2.24) is 24.7 Å². The Morgan fingerprint density at radius 2 is 1.89 bits per heavy atom. The number of aryl methyl sites for hydroxylation is 2. The molecule has 8 heteroatoms. The molecule has 0 aliphatic rings. The molecule has 138 valence electrons. The topological polar surface area (TPSA) is 82.5 Å². The van der Waals surface area contributed by atoms with Crippen molar-refractivity contribution in [2.75, 3.05) is 5.73 Å². The van der Waals surface area contributed by atoms with E-state index >= 15 is 0 Å². The van der Waals surface area contributed by atoms with Gasteiger partial charge in [0, 0.05) is 17.0 Å². The molecule has 0 atom stereocenters. The van der Waals surface area contributed by atoms with Gasteiger partial charge in [-0.1, -0.05) is 42.1 Å². The molecule has 4 rings (SSSR count). The minimum atomic E-state index is 0.555.